The standard InChI is InChI=1S/C35H39BN4/c1-6-34(5)35(7-2,40-22-13-11-20-36(40)31-19-10-12-21-39(31)34)27(4)25-37-23-24-38-30-18-9-8-16-28(30)29-17-14-15-26(3)32(29)33(37)38/h8-24,27H,6-7,25H2,1-5H3/q+2. The van der Waals surface area contributed by atoms with Gasteiger partial charge in [0.1, 0.15) is 17.9 Å². The van der Waals surface area contributed by atoms with Crippen LogP contribution in [0.2, 0.25) is 0 Å². The van der Waals surface area contributed by atoms with Crippen molar-refractivity contribution in [3.05, 3.63) is 109 Å². The fourth-order valence-corrected chi connectivity index (χ4v) is 8.51. The van der Waals surface area contributed by atoms with Crippen LogP contribution in [-0.4, -0.2) is 21.6 Å². The quantitative estimate of drug-likeness (QED) is 0.159. The Bertz CT molecular complexity index is 1830. The van der Waals surface area contributed by atoms with Crippen molar-refractivity contribution in [1.82, 2.24) is 9.21 Å². The summed E-state index contributed by atoms with van der Waals surface area (Å²) >= 11 is 0. The lowest BCUT2D eigenvalue weighted by Gasteiger charge is -2.58. The fraction of sp³-hybridized carbons (Fsp3) is 0.314. The third kappa shape index (κ3) is 3.15. The number of aromatic nitrogens is 3. The van der Waals surface area contributed by atoms with Crippen molar-refractivity contribution in [2.45, 2.75) is 65.1 Å². The van der Waals surface area contributed by atoms with Crippen LogP contribution in [0.3, 0.4) is 0 Å². The molecule has 0 saturated heterocycles. The summed E-state index contributed by atoms with van der Waals surface area (Å²) in [7, 11) is 0. The van der Waals surface area contributed by atoms with Gasteiger partial charge in [-0.25, -0.2) is 9.13 Å². The first-order valence-corrected chi connectivity index (χ1v) is 14.9. The van der Waals surface area contributed by atoms with Gasteiger partial charge in [-0.05, 0) is 43.3 Å². The van der Waals surface area contributed by atoms with E-state index in [0.29, 0.717) is 5.92 Å². The molecule has 0 fully saturated rings. The number of para-hydroxylation sites is 1. The molecule has 0 spiro atoms. The van der Waals surface area contributed by atoms with Gasteiger partial charge in [0.2, 0.25) is 0 Å². The molecule has 0 saturated carbocycles. The number of imidazole rings is 1. The molecule has 5 aromatic rings. The number of aryl methyl sites for hydroxylation is 1. The minimum Gasteiger partial charge on any atom is -0.397 e. The first-order valence-electron chi connectivity index (χ1n) is 14.9. The SMILES string of the molecule is CCC1(C(C)C[n+]2ccn3c4ccccc4c4cccc(C)c4c32)N2C=CC=CB2c2cccc[n+]2C1(C)CC. The van der Waals surface area contributed by atoms with Crippen LogP contribution < -0.4 is 14.7 Å². The van der Waals surface area contributed by atoms with Gasteiger partial charge in [0.15, 0.2) is 17.3 Å². The summed E-state index contributed by atoms with van der Waals surface area (Å²) in [6, 6.07) is 22.3. The van der Waals surface area contributed by atoms with Crippen LogP contribution in [0.15, 0.2) is 104 Å². The predicted molar refractivity (Wildman–Crippen MR) is 166 cm³/mol. The molecule has 3 atom stereocenters. The van der Waals surface area contributed by atoms with E-state index in [9.17, 15) is 0 Å². The van der Waals surface area contributed by atoms with E-state index in [0.717, 1.165) is 19.4 Å². The van der Waals surface area contributed by atoms with Crippen LogP contribution >= 0.6 is 0 Å². The number of nitrogens with zero attached hydrogens (tertiary/aromatic N) is 4. The average Bonchev–Trinajstić information content (AvgIpc) is 3.41. The molecule has 40 heavy (non-hydrogen) atoms. The zero-order valence-corrected chi connectivity index (χ0v) is 24.4. The molecule has 2 aliphatic rings. The third-order valence-electron chi connectivity index (χ3n) is 10.4. The van der Waals surface area contributed by atoms with Gasteiger partial charge in [-0.15, -0.1) is 0 Å². The van der Waals surface area contributed by atoms with Gasteiger partial charge in [-0.2, -0.15) is 4.40 Å². The Kier molecular flexibility index (Phi) is 5.71. The second-order valence-electron chi connectivity index (χ2n) is 12.0. The molecular formula is C35H39BN4+2. The van der Waals surface area contributed by atoms with Crippen LogP contribution in [0.1, 0.15) is 46.1 Å². The first-order chi connectivity index (χ1) is 19.5. The fourth-order valence-electron chi connectivity index (χ4n) is 8.51. The van der Waals surface area contributed by atoms with Gasteiger partial charge >= 0.3 is 6.85 Å². The number of fused-ring (bicyclic) bond motifs is 9. The van der Waals surface area contributed by atoms with E-state index < -0.39 is 0 Å². The van der Waals surface area contributed by atoms with Crippen molar-refractivity contribution in [3.63, 3.8) is 0 Å². The molecule has 0 N–H and O–H groups in total. The monoisotopic (exact) mass is 526 g/mol. The number of allylic oxidation sites excluding steroid dienone is 2. The summed E-state index contributed by atoms with van der Waals surface area (Å²) in [6.45, 7) is 13.2. The van der Waals surface area contributed by atoms with E-state index in [2.05, 4.69) is 157 Å². The second-order valence-corrected chi connectivity index (χ2v) is 12.0. The normalized spacial score (nSPS) is 22.7. The molecule has 5 heteroatoms. The molecule has 0 aliphatic carbocycles. The van der Waals surface area contributed by atoms with Crippen LogP contribution in [0.4, 0.5) is 0 Å². The Morgan fingerprint density at radius 2 is 1.70 bits per heavy atom. The highest BCUT2D eigenvalue weighted by Crippen LogP contribution is 2.46. The highest BCUT2D eigenvalue weighted by atomic mass is 15.3. The molecule has 4 nitrogen and oxygen atoms in total. The van der Waals surface area contributed by atoms with E-state index in [1.54, 1.807) is 0 Å². The summed E-state index contributed by atoms with van der Waals surface area (Å²) in [5.74, 6) is 2.74. The van der Waals surface area contributed by atoms with Crippen molar-refractivity contribution in [3.8, 4) is 0 Å². The first kappa shape index (κ1) is 25.1. The molecule has 200 valence electrons. The number of pyridine rings is 2. The largest absolute Gasteiger partial charge is 0.397 e. The minimum absolute atomic E-state index is 0.0788. The number of hydrogen-bond donors (Lipinski definition) is 0. The Hall–Kier alpha value is -3.86. The van der Waals surface area contributed by atoms with Gasteiger partial charge in [-0.3, -0.25) is 0 Å². The molecule has 7 rings (SSSR count). The van der Waals surface area contributed by atoms with Crippen LogP contribution in [0.25, 0.3) is 27.3 Å². The molecule has 2 aromatic carbocycles. The van der Waals surface area contributed by atoms with Gasteiger partial charge < -0.3 is 4.81 Å². The number of hydrogen-bond acceptors (Lipinski definition) is 1. The molecule has 3 unspecified atom stereocenters. The lowest BCUT2D eigenvalue weighted by Crippen LogP contribution is -2.87. The van der Waals surface area contributed by atoms with E-state index in [1.165, 1.54) is 38.5 Å². The maximum atomic E-state index is 2.70. The predicted octanol–water partition coefficient (Wildman–Crippen LogP) is 5.88. The smallest absolute Gasteiger partial charge is 0.396 e. The molecule has 0 radical (unpaired) electrons. The van der Waals surface area contributed by atoms with Crippen LogP contribution in [-0.2, 0) is 12.1 Å². The second kappa shape index (κ2) is 9.09. The molecule has 0 amide bonds. The molecule has 2 aliphatic heterocycles. The third-order valence-corrected chi connectivity index (χ3v) is 10.4. The highest BCUT2D eigenvalue weighted by molar-refractivity contribution is 6.74. The molecule has 3 aromatic heterocycles. The zero-order valence-electron chi connectivity index (χ0n) is 24.4. The molecular weight excluding hydrogens is 487 g/mol. The Labute approximate surface area is 238 Å². The van der Waals surface area contributed by atoms with Crippen LogP contribution in [0.5, 0.6) is 0 Å². The molecule has 5 heterocycles. The van der Waals surface area contributed by atoms with E-state index >= 15 is 0 Å². The van der Waals surface area contributed by atoms with Gasteiger partial charge in [0, 0.05) is 36.1 Å². The topological polar surface area (TPSA) is 15.4 Å². The average molecular weight is 527 g/mol. The van der Waals surface area contributed by atoms with Gasteiger partial charge in [0.25, 0.3) is 5.65 Å². The maximum Gasteiger partial charge on any atom is 0.396 e. The van der Waals surface area contributed by atoms with Crippen molar-refractivity contribution in [1.29, 1.82) is 0 Å². The van der Waals surface area contributed by atoms with Crippen molar-refractivity contribution < 1.29 is 9.13 Å². The lowest BCUT2D eigenvalue weighted by molar-refractivity contribution is -0.768. The highest BCUT2D eigenvalue weighted by Gasteiger charge is 2.65. The van der Waals surface area contributed by atoms with Gasteiger partial charge in [0.05, 0.1) is 17.5 Å². The van der Waals surface area contributed by atoms with E-state index in [-0.39, 0.29) is 17.9 Å². The van der Waals surface area contributed by atoms with Crippen molar-refractivity contribution in [2.24, 2.45) is 5.92 Å². The Morgan fingerprint density at radius 3 is 2.52 bits per heavy atom. The zero-order chi connectivity index (χ0) is 27.6. The Morgan fingerprint density at radius 1 is 0.900 bits per heavy atom. The lowest BCUT2D eigenvalue weighted by atomic mass is 9.47. The number of rotatable bonds is 5. The number of benzene rings is 2. The van der Waals surface area contributed by atoms with Crippen molar-refractivity contribution >= 4 is 39.8 Å². The Balaban J connectivity index is 1.45. The minimum atomic E-state index is -0.0876. The summed E-state index contributed by atoms with van der Waals surface area (Å²) < 4.78 is 7.54. The van der Waals surface area contributed by atoms with E-state index in [4.69, 9.17) is 0 Å². The summed E-state index contributed by atoms with van der Waals surface area (Å²) in [5.41, 5.74) is 5.08. The van der Waals surface area contributed by atoms with Crippen molar-refractivity contribution in [2.75, 3.05) is 0 Å². The van der Waals surface area contributed by atoms with Crippen LogP contribution in [0, 0.1) is 12.8 Å². The summed E-state index contributed by atoms with van der Waals surface area (Å²) in [4.78, 5) is 2.70. The maximum absolute atomic E-state index is 2.70. The van der Waals surface area contributed by atoms with Gasteiger partial charge in [-0.1, -0.05) is 75.3 Å². The molecule has 0 bridgehead atoms. The summed E-state index contributed by atoms with van der Waals surface area (Å²) in [5, 5.41) is 3.99. The summed E-state index contributed by atoms with van der Waals surface area (Å²) in [6.07, 6.45) is 15.8. The van der Waals surface area contributed by atoms with E-state index in [1.807, 2.05) is 0 Å².